The molecule has 10 nitrogen and oxygen atoms in total. The molecule has 3 aromatic rings. The standard InChI is InChI=1S/C24H25N5O5S/c25-23(26)28-12-16-7-4-8-17(11-16)19-9-10-20(35-19)21(30)27-13-18(22(31)32)29-24(33)34-14-15-5-2-1-3-6-15/h1-11,18H,12-14H2,(H,27,30)(H,29,33)(H,31,32)(H4,25,26,28). The van der Waals surface area contributed by atoms with Crippen LogP contribution in [0.4, 0.5) is 4.79 Å². The number of ether oxygens (including phenoxy) is 1. The lowest BCUT2D eigenvalue weighted by molar-refractivity contribution is -0.139. The molecule has 0 fully saturated rings. The summed E-state index contributed by atoms with van der Waals surface area (Å²) in [5.74, 6) is -1.88. The van der Waals surface area contributed by atoms with Gasteiger partial charge in [-0.05, 0) is 34.9 Å². The molecule has 7 N–H and O–H groups in total. The minimum atomic E-state index is -1.35. The van der Waals surface area contributed by atoms with Crippen LogP contribution in [0.2, 0.25) is 0 Å². The minimum absolute atomic E-state index is 0.00460. The summed E-state index contributed by atoms with van der Waals surface area (Å²) in [7, 11) is 0. The first-order valence-electron chi connectivity index (χ1n) is 10.6. The monoisotopic (exact) mass is 495 g/mol. The highest BCUT2D eigenvalue weighted by Crippen LogP contribution is 2.28. The first-order valence-corrected chi connectivity index (χ1v) is 11.4. The summed E-state index contributed by atoms with van der Waals surface area (Å²) in [6.07, 6.45) is -0.895. The van der Waals surface area contributed by atoms with Crippen molar-refractivity contribution in [1.82, 2.24) is 16.0 Å². The Balaban J connectivity index is 1.54. The molecule has 0 saturated heterocycles. The average Bonchev–Trinajstić information content (AvgIpc) is 3.35. The summed E-state index contributed by atoms with van der Waals surface area (Å²) < 4.78 is 5.05. The molecule has 3 rings (SSSR count). The van der Waals surface area contributed by atoms with Crippen LogP contribution in [0.5, 0.6) is 0 Å². The van der Waals surface area contributed by atoms with Crippen LogP contribution in [0, 0.1) is 5.41 Å². The number of carbonyl (C=O) groups is 3. The average molecular weight is 496 g/mol. The van der Waals surface area contributed by atoms with Gasteiger partial charge in [-0.1, -0.05) is 48.5 Å². The van der Waals surface area contributed by atoms with Crippen LogP contribution in [-0.4, -0.2) is 41.6 Å². The second-order valence-corrected chi connectivity index (χ2v) is 8.52. The fourth-order valence-electron chi connectivity index (χ4n) is 3.04. The number of guanidine groups is 1. The number of thiophene rings is 1. The number of nitrogens with one attached hydrogen (secondary N) is 4. The predicted octanol–water partition coefficient (Wildman–Crippen LogP) is 2.51. The maximum Gasteiger partial charge on any atom is 0.408 e. The molecule has 1 atom stereocenters. The maximum absolute atomic E-state index is 12.6. The Bertz CT molecular complexity index is 1200. The highest BCUT2D eigenvalue weighted by Gasteiger charge is 2.22. The molecule has 2 aromatic carbocycles. The molecule has 0 saturated carbocycles. The fourth-order valence-corrected chi connectivity index (χ4v) is 3.95. The zero-order valence-electron chi connectivity index (χ0n) is 18.6. The maximum atomic E-state index is 12.6. The number of carbonyl (C=O) groups excluding carboxylic acids is 2. The van der Waals surface area contributed by atoms with E-state index in [1.165, 1.54) is 11.3 Å². The number of rotatable bonds is 10. The number of carboxylic acid groups (broad SMARTS) is 1. The number of benzene rings is 2. The van der Waals surface area contributed by atoms with Crippen LogP contribution in [0.25, 0.3) is 10.4 Å². The van der Waals surface area contributed by atoms with Gasteiger partial charge in [-0.2, -0.15) is 0 Å². The van der Waals surface area contributed by atoms with Gasteiger partial charge in [0.2, 0.25) is 0 Å². The van der Waals surface area contributed by atoms with Gasteiger partial charge in [-0.15, -0.1) is 11.3 Å². The minimum Gasteiger partial charge on any atom is -0.480 e. The van der Waals surface area contributed by atoms with Crippen molar-refractivity contribution < 1.29 is 24.2 Å². The molecular formula is C24H25N5O5S. The lowest BCUT2D eigenvalue weighted by Gasteiger charge is -2.15. The number of amides is 2. The van der Waals surface area contributed by atoms with E-state index < -0.39 is 24.0 Å². The summed E-state index contributed by atoms with van der Waals surface area (Å²) in [6, 6.07) is 18.6. The van der Waals surface area contributed by atoms with Crippen LogP contribution in [0.15, 0.2) is 66.7 Å². The van der Waals surface area contributed by atoms with Crippen molar-refractivity contribution in [1.29, 1.82) is 5.41 Å². The number of hydrogen-bond acceptors (Lipinski definition) is 6. The molecular weight excluding hydrogens is 470 g/mol. The lowest BCUT2D eigenvalue weighted by Crippen LogP contribution is -2.48. The van der Waals surface area contributed by atoms with Crippen LogP contribution >= 0.6 is 11.3 Å². The molecule has 0 aliphatic carbocycles. The molecule has 35 heavy (non-hydrogen) atoms. The smallest absolute Gasteiger partial charge is 0.408 e. The molecule has 182 valence electrons. The Hall–Kier alpha value is -4.38. The Labute approximate surface area is 205 Å². The van der Waals surface area contributed by atoms with Crippen molar-refractivity contribution in [3.8, 4) is 10.4 Å². The van der Waals surface area contributed by atoms with Gasteiger partial charge in [0.25, 0.3) is 5.91 Å². The predicted molar refractivity (Wildman–Crippen MR) is 132 cm³/mol. The summed E-state index contributed by atoms with van der Waals surface area (Å²) in [5, 5.41) is 24.2. The molecule has 2 amide bonds. The van der Waals surface area contributed by atoms with Gasteiger partial charge in [0.15, 0.2) is 5.96 Å². The third-order valence-corrected chi connectivity index (χ3v) is 5.93. The van der Waals surface area contributed by atoms with Gasteiger partial charge in [-0.25, -0.2) is 9.59 Å². The van der Waals surface area contributed by atoms with Crippen molar-refractivity contribution in [2.75, 3.05) is 6.54 Å². The second kappa shape index (κ2) is 12.2. The summed E-state index contributed by atoms with van der Waals surface area (Å²) in [5.41, 5.74) is 7.90. The summed E-state index contributed by atoms with van der Waals surface area (Å²) >= 11 is 1.25. The molecule has 1 aromatic heterocycles. The first-order chi connectivity index (χ1) is 16.8. The first kappa shape index (κ1) is 25.2. The quantitative estimate of drug-likeness (QED) is 0.186. The van der Waals surface area contributed by atoms with E-state index in [4.69, 9.17) is 15.9 Å². The number of alkyl carbamates (subject to hydrolysis) is 1. The van der Waals surface area contributed by atoms with Crippen molar-refractivity contribution in [2.45, 2.75) is 19.2 Å². The topological polar surface area (TPSA) is 167 Å². The van der Waals surface area contributed by atoms with Gasteiger partial charge in [0.05, 0.1) is 4.88 Å². The molecule has 0 radical (unpaired) electrons. The van der Waals surface area contributed by atoms with Crippen molar-refractivity contribution in [3.63, 3.8) is 0 Å². The van der Waals surface area contributed by atoms with E-state index >= 15 is 0 Å². The molecule has 11 heteroatoms. The molecule has 0 aliphatic heterocycles. The van der Waals surface area contributed by atoms with Crippen LogP contribution in [0.1, 0.15) is 20.8 Å². The Morgan fingerprint density at radius 3 is 2.46 bits per heavy atom. The van der Waals surface area contributed by atoms with E-state index in [2.05, 4.69) is 16.0 Å². The number of hydrogen-bond donors (Lipinski definition) is 6. The van der Waals surface area contributed by atoms with E-state index in [1.807, 2.05) is 30.3 Å². The molecule has 1 heterocycles. The summed E-state index contributed by atoms with van der Waals surface area (Å²) in [6.45, 7) is 0.0860. The fraction of sp³-hybridized carbons (Fsp3) is 0.167. The highest BCUT2D eigenvalue weighted by molar-refractivity contribution is 7.17. The molecule has 0 bridgehead atoms. The van der Waals surface area contributed by atoms with E-state index in [9.17, 15) is 19.5 Å². The number of nitrogens with two attached hydrogens (primary N) is 1. The third kappa shape index (κ3) is 7.86. The van der Waals surface area contributed by atoms with Gasteiger partial charge in [0.1, 0.15) is 12.6 Å². The molecule has 0 aliphatic rings. The van der Waals surface area contributed by atoms with E-state index in [0.29, 0.717) is 11.4 Å². The zero-order valence-corrected chi connectivity index (χ0v) is 19.4. The van der Waals surface area contributed by atoms with Gasteiger partial charge in [0, 0.05) is 18.0 Å². The normalized spacial score (nSPS) is 11.2. The van der Waals surface area contributed by atoms with E-state index in [1.54, 1.807) is 36.4 Å². The Morgan fingerprint density at radius 1 is 1.00 bits per heavy atom. The van der Waals surface area contributed by atoms with Crippen molar-refractivity contribution in [2.24, 2.45) is 5.73 Å². The van der Waals surface area contributed by atoms with Crippen LogP contribution < -0.4 is 21.7 Å². The Morgan fingerprint density at radius 2 is 1.74 bits per heavy atom. The summed E-state index contributed by atoms with van der Waals surface area (Å²) in [4.78, 5) is 37.3. The van der Waals surface area contributed by atoms with Crippen LogP contribution in [0.3, 0.4) is 0 Å². The second-order valence-electron chi connectivity index (χ2n) is 7.44. The lowest BCUT2D eigenvalue weighted by atomic mass is 10.1. The number of aliphatic carboxylic acids is 1. The SMILES string of the molecule is N=C(N)NCc1cccc(-c2ccc(C(=O)NCC(NC(=O)OCc3ccccc3)C(=O)O)s2)c1. The molecule has 0 spiro atoms. The highest BCUT2D eigenvalue weighted by atomic mass is 32.1. The third-order valence-electron chi connectivity index (χ3n) is 4.79. The van der Waals surface area contributed by atoms with Crippen molar-refractivity contribution in [3.05, 3.63) is 82.7 Å². The largest absolute Gasteiger partial charge is 0.480 e. The van der Waals surface area contributed by atoms with E-state index in [0.717, 1.165) is 21.6 Å². The van der Waals surface area contributed by atoms with E-state index in [-0.39, 0.29) is 19.1 Å². The van der Waals surface area contributed by atoms with Crippen LogP contribution in [-0.2, 0) is 22.7 Å². The van der Waals surface area contributed by atoms with Gasteiger partial charge < -0.3 is 31.5 Å². The molecule has 1 unspecified atom stereocenters. The Kier molecular flexibility index (Phi) is 8.79. The van der Waals surface area contributed by atoms with Crippen molar-refractivity contribution >= 4 is 35.3 Å². The van der Waals surface area contributed by atoms with Gasteiger partial charge in [-0.3, -0.25) is 10.2 Å². The zero-order chi connectivity index (χ0) is 25.2. The number of carboxylic acids is 1. The van der Waals surface area contributed by atoms with Gasteiger partial charge >= 0.3 is 12.1 Å².